The molecule has 0 aliphatic carbocycles. The maximum atomic E-state index is 12.6. The Morgan fingerprint density at radius 1 is 1.40 bits per heavy atom. The number of piperidine rings is 1. The lowest BCUT2D eigenvalue weighted by molar-refractivity contribution is -0.138. The van der Waals surface area contributed by atoms with E-state index < -0.39 is 23.8 Å². The van der Waals surface area contributed by atoms with Crippen LogP contribution in [-0.2, 0) is 20.9 Å². The van der Waals surface area contributed by atoms with Crippen LogP contribution < -0.4 is 10.6 Å². The van der Waals surface area contributed by atoms with Gasteiger partial charge in [0.15, 0.2) is 0 Å². The van der Waals surface area contributed by atoms with E-state index in [2.05, 4.69) is 15.6 Å². The number of benzene rings is 1. The van der Waals surface area contributed by atoms with E-state index in [1.807, 2.05) is 0 Å². The standard InChI is InChI=1S/C16H16N4O5/c1-8-17-14-9(3-2-4-11(14)20(8)7-13(22)23)15(24)18-10-5-6-12(21)19-16(10)25/h2-4,10H,5-7H2,1H3,(H,18,24)(H,22,23)(H,19,21,25). The number of fused-ring (bicyclic) bond motifs is 1. The SMILES string of the molecule is Cc1nc2c(C(=O)NC3CCC(=O)NC3=O)cccc2n1CC(=O)O. The van der Waals surface area contributed by atoms with Gasteiger partial charge in [0.2, 0.25) is 11.8 Å². The number of carbonyl (C=O) groups excluding carboxylic acids is 3. The highest BCUT2D eigenvalue weighted by Gasteiger charge is 2.29. The number of imidazole rings is 1. The first-order valence-electron chi connectivity index (χ1n) is 7.69. The second-order valence-electron chi connectivity index (χ2n) is 5.79. The van der Waals surface area contributed by atoms with Crippen LogP contribution in [0.25, 0.3) is 11.0 Å². The fourth-order valence-corrected chi connectivity index (χ4v) is 2.85. The average molecular weight is 344 g/mol. The zero-order valence-electron chi connectivity index (χ0n) is 13.4. The summed E-state index contributed by atoms with van der Waals surface area (Å²) in [7, 11) is 0. The Hall–Kier alpha value is -3.23. The number of nitrogens with one attached hydrogen (secondary N) is 2. The number of carboxylic acid groups (broad SMARTS) is 1. The molecule has 0 spiro atoms. The van der Waals surface area contributed by atoms with Gasteiger partial charge >= 0.3 is 5.97 Å². The zero-order chi connectivity index (χ0) is 18.1. The van der Waals surface area contributed by atoms with Crippen molar-refractivity contribution in [2.45, 2.75) is 32.4 Å². The Balaban J connectivity index is 1.90. The van der Waals surface area contributed by atoms with E-state index in [9.17, 15) is 19.2 Å². The lowest BCUT2D eigenvalue weighted by Crippen LogP contribution is -2.52. The number of amides is 3. The molecule has 0 saturated carbocycles. The molecule has 130 valence electrons. The van der Waals surface area contributed by atoms with Crippen LogP contribution in [0.3, 0.4) is 0 Å². The summed E-state index contributed by atoms with van der Waals surface area (Å²) in [5.74, 6) is -1.94. The Bertz CT molecular complexity index is 901. The first-order chi connectivity index (χ1) is 11.9. The third kappa shape index (κ3) is 3.21. The molecule has 1 atom stereocenters. The number of para-hydroxylation sites is 1. The van der Waals surface area contributed by atoms with E-state index >= 15 is 0 Å². The summed E-state index contributed by atoms with van der Waals surface area (Å²) in [6.45, 7) is 1.39. The van der Waals surface area contributed by atoms with Gasteiger partial charge in [0.25, 0.3) is 5.91 Å². The quantitative estimate of drug-likeness (QED) is 0.667. The van der Waals surface area contributed by atoms with E-state index in [0.29, 0.717) is 16.9 Å². The summed E-state index contributed by atoms with van der Waals surface area (Å²) in [6, 6.07) is 4.08. The van der Waals surface area contributed by atoms with Gasteiger partial charge in [-0.25, -0.2) is 4.98 Å². The average Bonchev–Trinajstić information content (AvgIpc) is 2.85. The van der Waals surface area contributed by atoms with Crippen LogP contribution in [0.1, 0.15) is 29.0 Å². The normalized spacial score (nSPS) is 17.4. The maximum absolute atomic E-state index is 12.6. The van der Waals surface area contributed by atoms with Gasteiger partial charge in [0.05, 0.1) is 11.1 Å². The highest BCUT2D eigenvalue weighted by Crippen LogP contribution is 2.20. The molecule has 0 radical (unpaired) electrons. The smallest absolute Gasteiger partial charge is 0.323 e. The summed E-state index contributed by atoms with van der Waals surface area (Å²) in [5.41, 5.74) is 1.14. The van der Waals surface area contributed by atoms with Gasteiger partial charge in [-0.3, -0.25) is 24.5 Å². The molecule has 2 heterocycles. The second-order valence-corrected chi connectivity index (χ2v) is 5.79. The van der Waals surface area contributed by atoms with Gasteiger partial charge in [-0.15, -0.1) is 0 Å². The number of aliphatic carboxylic acids is 1. The van der Waals surface area contributed by atoms with Crippen molar-refractivity contribution >= 4 is 34.7 Å². The summed E-state index contributed by atoms with van der Waals surface area (Å²) >= 11 is 0. The van der Waals surface area contributed by atoms with Gasteiger partial charge < -0.3 is 15.0 Å². The van der Waals surface area contributed by atoms with Crippen LogP contribution >= 0.6 is 0 Å². The number of carbonyl (C=O) groups is 4. The third-order valence-corrected chi connectivity index (χ3v) is 4.05. The number of hydrogen-bond acceptors (Lipinski definition) is 5. The lowest BCUT2D eigenvalue weighted by atomic mass is 10.1. The van der Waals surface area contributed by atoms with Crippen molar-refractivity contribution in [1.29, 1.82) is 0 Å². The van der Waals surface area contributed by atoms with Gasteiger partial charge in [-0.2, -0.15) is 0 Å². The minimum Gasteiger partial charge on any atom is -0.480 e. The molecule has 2 aromatic rings. The van der Waals surface area contributed by atoms with Crippen molar-refractivity contribution in [3.63, 3.8) is 0 Å². The number of imide groups is 1. The van der Waals surface area contributed by atoms with Crippen molar-refractivity contribution in [1.82, 2.24) is 20.2 Å². The van der Waals surface area contributed by atoms with Gasteiger partial charge in [0, 0.05) is 6.42 Å². The summed E-state index contributed by atoms with van der Waals surface area (Å²) < 4.78 is 1.50. The number of nitrogens with zero attached hydrogens (tertiary/aromatic N) is 2. The fraction of sp³-hybridized carbons (Fsp3) is 0.312. The molecule has 0 bridgehead atoms. The highest BCUT2D eigenvalue weighted by molar-refractivity contribution is 6.08. The number of aromatic nitrogens is 2. The molecule has 3 amide bonds. The molecule has 9 heteroatoms. The largest absolute Gasteiger partial charge is 0.480 e. The molecule has 1 aliphatic heterocycles. The van der Waals surface area contributed by atoms with E-state index in [0.717, 1.165) is 0 Å². The fourth-order valence-electron chi connectivity index (χ4n) is 2.85. The number of aryl methyl sites for hydroxylation is 1. The minimum atomic E-state index is -1.01. The Morgan fingerprint density at radius 3 is 2.84 bits per heavy atom. The minimum absolute atomic E-state index is 0.160. The first kappa shape index (κ1) is 16.6. The van der Waals surface area contributed by atoms with Crippen LogP contribution in [-0.4, -0.2) is 44.4 Å². The van der Waals surface area contributed by atoms with Crippen LogP contribution in [0.4, 0.5) is 0 Å². The Labute approximate surface area is 142 Å². The van der Waals surface area contributed by atoms with E-state index in [1.54, 1.807) is 25.1 Å². The second kappa shape index (κ2) is 6.34. The predicted octanol–water partition coefficient (Wildman–Crippen LogP) is -0.0357. The molecule has 1 aliphatic rings. The molecule has 1 fully saturated rings. The van der Waals surface area contributed by atoms with E-state index in [1.165, 1.54) is 4.57 Å². The number of rotatable bonds is 4. The molecule has 1 aromatic heterocycles. The molecule has 1 aromatic carbocycles. The molecule has 9 nitrogen and oxygen atoms in total. The van der Waals surface area contributed by atoms with E-state index in [4.69, 9.17) is 5.11 Å². The molecule has 1 unspecified atom stereocenters. The number of carboxylic acids is 1. The monoisotopic (exact) mass is 344 g/mol. The van der Waals surface area contributed by atoms with Gasteiger partial charge in [0.1, 0.15) is 23.9 Å². The van der Waals surface area contributed by atoms with E-state index in [-0.39, 0.29) is 30.9 Å². The predicted molar refractivity (Wildman–Crippen MR) is 85.7 cm³/mol. The topological polar surface area (TPSA) is 130 Å². The van der Waals surface area contributed by atoms with Crippen molar-refractivity contribution in [3.05, 3.63) is 29.6 Å². The lowest BCUT2D eigenvalue weighted by Gasteiger charge is -2.21. The van der Waals surface area contributed by atoms with Crippen LogP contribution in [0.15, 0.2) is 18.2 Å². The summed E-state index contributed by atoms with van der Waals surface area (Å²) in [4.78, 5) is 50.8. The van der Waals surface area contributed by atoms with Crippen LogP contribution in [0.5, 0.6) is 0 Å². The van der Waals surface area contributed by atoms with Crippen molar-refractivity contribution in [3.8, 4) is 0 Å². The van der Waals surface area contributed by atoms with Crippen LogP contribution in [0, 0.1) is 6.92 Å². The maximum Gasteiger partial charge on any atom is 0.323 e. The Morgan fingerprint density at radius 2 is 2.16 bits per heavy atom. The molecular weight excluding hydrogens is 328 g/mol. The van der Waals surface area contributed by atoms with Crippen molar-refractivity contribution in [2.24, 2.45) is 0 Å². The highest BCUT2D eigenvalue weighted by atomic mass is 16.4. The zero-order valence-corrected chi connectivity index (χ0v) is 13.4. The Kier molecular flexibility index (Phi) is 4.22. The van der Waals surface area contributed by atoms with Gasteiger partial charge in [-0.05, 0) is 25.5 Å². The molecule has 3 rings (SSSR count). The third-order valence-electron chi connectivity index (χ3n) is 4.05. The van der Waals surface area contributed by atoms with Crippen molar-refractivity contribution in [2.75, 3.05) is 0 Å². The summed E-state index contributed by atoms with van der Waals surface area (Å²) in [6.07, 6.45) is 0.395. The molecule has 25 heavy (non-hydrogen) atoms. The number of hydrogen-bond donors (Lipinski definition) is 3. The van der Waals surface area contributed by atoms with Crippen molar-refractivity contribution < 1.29 is 24.3 Å². The molecule has 1 saturated heterocycles. The molecular formula is C16H16N4O5. The first-order valence-corrected chi connectivity index (χ1v) is 7.69. The molecule has 3 N–H and O–H groups in total. The summed E-state index contributed by atoms with van der Waals surface area (Å²) in [5, 5.41) is 13.8. The van der Waals surface area contributed by atoms with Crippen LogP contribution in [0.2, 0.25) is 0 Å². The van der Waals surface area contributed by atoms with Gasteiger partial charge in [-0.1, -0.05) is 6.07 Å².